The van der Waals surface area contributed by atoms with Gasteiger partial charge in [-0.3, -0.25) is 0 Å². The highest BCUT2D eigenvalue weighted by Crippen LogP contribution is 2.18. The molecule has 0 fully saturated rings. The molecular formula is C18H17IO4. The van der Waals surface area contributed by atoms with Crippen LogP contribution in [0.4, 0.5) is 0 Å². The van der Waals surface area contributed by atoms with E-state index in [1.165, 1.54) is 6.07 Å². The summed E-state index contributed by atoms with van der Waals surface area (Å²) in [5, 5.41) is 0. The number of hydrogen-bond acceptors (Lipinski definition) is 4. The van der Waals surface area contributed by atoms with Crippen molar-refractivity contribution >= 4 is 34.5 Å². The molecule has 120 valence electrons. The average Bonchev–Trinajstić information content (AvgIpc) is 2.55. The summed E-state index contributed by atoms with van der Waals surface area (Å²) in [5.41, 5.74) is 1.93. The molecule has 4 nitrogen and oxygen atoms in total. The van der Waals surface area contributed by atoms with Crippen LogP contribution >= 0.6 is 22.6 Å². The third-order valence-corrected chi connectivity index (χ3v) is 4.29. The predicted molar refractivity (Wildman–Crippen MR) is 95.9 cm³/mol. The van der Waals surface area contributed by atoms with E-state index in [0.717, 1.165) is 15.6 Å². The predicted octanol–water partition coefficient (Wildman–Crippen LogP) is 4.39. The first-order valence-electron chi connectivity index (χ1n) is 7.26. The van der Waals surface area contributed by atoms with Crippen LogP contribution in [0.1, 0.15) is 39.6 Å². The largest absolute Gasteiger partial charge is 0.462 e. The number of carbonyl (C=O) groups is 2. The van der Waals surface area contributed by atoms with Crippen molar-refractivity contribution in [3.05, 3.63) is 62.7 Å². The van der Waals surface area contributed by atoms with Gasteiger partial charge in [0.1, 0.15) is 5.75 Å². The average molecular weight is 424 g/mol. The van der Waals surface area contributed by atoms with Crippen molar-refractivity contribution < 1.29 is 19.1 Å². The Labute approximate surface area is 148 Å². The molecule has 0 spiro atoms. The molecule has 0 unspecified atom stereocenters. The third kappa shape index (κ3) is 4.79. The second-order valence-corrected chi connectivity index (χ2v) is 6.18. The number of carbonyl (C=O) groups excluding carboxylic acids is 2. The summed E-state index contributed by atoms with van der Waals surface area (Å²) in [6.45, 7) is 4.27. The van der Waals surface area contributed by atoms with Gasteiger partial charge in [0, 0.05) is 3.57 Å². The smallest absolute Gasteiger partial charge is 0.343 e. The maximum Gasteiger partial charge on any atom is 0.343 e. The van der Waals surface area contributed by atoms with Gasteiger partial charge >= 0.3 is 11.9 Å². The Morgan fingerprint density at radius 1 is 1.04 bits per heavy atom. The zero-order valence-electron chi connectivity index (χ0n) is 13.0. The Kier molecular flexibility index (Phi) is 6.15. The first-order valence-corrected chi connectivity index (χ1v) is 8.34. The lowest BCUT2D eigenvalue weighted by Crippen LogP contribution is -2.10. The van der Waals surface area contributed by atoms with E-state index in [4.69, 9.17) is 9.47 Å². The van der Waals surface area contributed by atoms with Crippen LogP contribution < -0.4 is 4.74 Å². The van der Waals surface area contributed by atoms with Gasteiger partial charge in [-0.25, -0.2) is 9.59 Å². The number of ether oxygens (including phenoxy) is 2. The van der Waals surface area contributed by atoms with Crippen molar-refractivity contribution in [1.82, 2.24) is 0 Å². The van der Waals surface area contributed by atoms with E-state index in [9.17, 15) is 9.59 Å². The van der Waals surface area contributed by atoms with Crippen LogP contribution in [0.25, 0.3) is 0 Å². The highest BCUT2D eigenvalue weighted by atomic mass is 127. The molecular weight excluding hydrogens is 407 g/mol. The summed E-state index contributed by atoms with van der Waals surface area (Å²) in [6, 6.07) is 11.8. The molecule has 0 amide bonds. The summed E-state index contributed by atoms with van der Waals surface area (Å²) in [5.74, 6) is -0.562. The molecule has 2 rings (SSSR count). The number of aryl methyl sites for hydroxylation is 1. The van der Waals surface area contributed by atoms with Crippen molar-refractivity contribution in [3.8, 4) is 5.75 Å². The first-order chi connectivity index (χ1) is 11.0. The zero-order valence-corrected chi connectivity index (χ0v) is 15.1. The second-order valence-electron chi connectivity index (χ2n) is 5.02. The molecule has 0 aromatic heterocycles. The lowest BCUT2D eigenvalue weighted by Gasteiger charge is -2.08. The van der Waals surface area contributed by atoms with Crippen LogP contribution in [0.3, 0.4) is 0 Å². The fourth-order valence-electron chi connectivity index (χ4n) is 1.85. The van der Waals surface area contributed by atoms with E-state index in [1.54, 1.807) is 30.3 Å². The lowest BCUT2D eigenvalue weighted by molar-refractivity contribution is 0.0503. The topological polar surface area (TPSA) is 52.6 Å². The number of esters is 2. The van der Waals surface area contributed by atoms with E-state index in [1.807, 2.05) is 19.9 Å². The maximum atomic E-state index is 12.2. The molecule has 0 aliphatic heterocycles. The fraction of sp³-hybridized carbons (Fsp3) is 0.222. The SMILES string of the molecule is CCCOC(=O)c1cccc(OC(=O)c2ccc(C)c(I)c2)c1. The van der Waals surface area contributed by atoms with Gasteiger partial charge in [-0.05, 0) is 71.8 Å². The van der Waals surface area contributed by atoms with Gasteiger partial charge < -0.3 is 9.47 Å². The normalized spacial score (nSPS) is 10.2. The second kappa shape index (κ2) is 8.10. The van der Waals surface area contributed by atoms with Crippen LogP contribution in [-0.2, 0) is 4.74 Å². The van der Waals surface area contributed by atoms with Gasteiger partial charge in [0.15, 0.2) is 0 Å². The van der Waals surface area contributed by atoms with E-state index >= 15 is 0 Å². The van der Waals surface area contributed by atoms with E-state index in [-0.39, 0.29) is 0 Å². The molecule has 0 aliphatic rings. The zero-order chi connectivity index (χ0) is 16.8. The standard InChI is InChI=1S/C18H17IO4/c1-3-9-22-17(20)13-5-4-6-15(10-13)23-18(21)14-8-7-12(2)16(19)11-14/h4-8,10-11H,3,9H2,1-2H3. The van der Waals surface area contributed by atoms with Crippen molar-refractivity contribution in [3.63, 3.8) is 0 Å². The van der Waals surface area contributed by atoms with Crippen molar-refractivity contribution in [1.29, 1.82) is 0 Å². The minimum atomic E-state index is -0.456. The maximum absolute atomic E-state index is 12.2. The Morgan fingerprint density at radius 3 is 2.48 bits per heavy atom. The molecule has 0 heterocycles. The molecule has 0 N–H and O–H groups in total. The monoisotopic (exact) mass is 424 g/mol. The van der Waals surface area contributed by atoms with Gasteiger partial charge in [-0.2, -0.15) is 0 Å². The highest BCUT2D eigenvalue weighted by Gasteiger charge is 2.12. The Bertz CT molecular complexity index is 725. The van der Waals surface area contributed by atoms with Crippen LogP contribution in [0.15, 0.2) is 42.5 Å². The van der Waals surface area contributed by atoms with Gasteiger partial charge in [-0.15, -0.1) is 0 Å². The molecule has 0 radical (unpaired) electrons. The quantitative estimate of drug-likeness (QED) is 0.406. The third-order valence-electron chi connectivity index (χ3n) is 3.13. The number of benzene rings is 2. The van der Waals surface area contributed by atoms with Crippen LogP contribution in [0.5, 0.6) is 5.75 Å². The summed E-state index contributed by atoms with van der Waals surface area (Å²) < 4.78 is 11.4. The molecule has 2 aromatic rings. The molecule has 23 heavy (non-hydrogen) atoms. The lowest BCUT2D eigenvalue weighted by atomic mass is 10.1. The number of rotatable bonds is 5. The summed E-state index contributed by atoms with van der Waals surface area (Å²) >= 11 is 2.17. The molecule has 0 atom stereocenters. The van der Waals surface area contributed by atoms with Gasteiger partial charge in [0.2, 0.25) is 0 Å². The van der Waals surface area contributed by atoms with Crippen LogP contribution in [-0.4, -0.2) is 18.5 Å². The van der Waals surface area contributed by atoms with Gasteiger partial charge in [-0.1, -0.05) is 19.1 Å². The van der Waals surface area contributed by atoms with Gasteiger partial charge in [0.05, 0.1) is 17.7 Å². The molecule has 0 bridgehead atoms. The first kappa shape index (κ1) is 17.5. The van der Waals surface area contributed by atoms with Crippen LogP contribution in [0, 0.1) is 10.5 Å². The van der Waals surface area contributed by atoms with Crippen molar-refractivity contribution in [2.45, 2.75) is 20.3 Å². The van der Waals surface area contributed by atoms with E-state index in [0.29, 0.717) is 23.5 Å². The van der Waals surface area contributed by atoms with E-state index in [2.05, 4.69) is 22.6 Å². The van der Waals surface area contributed by atoms with E-state index < -0.39 is 11.9 Å². The molecule has 2 aromatic carbocycles. The molecule has 0 aliphatic carbocycles. The highest BCUT2D eigenvalue weighted by molar-refractivity contribution is 14.1. The summed E-state index contributed by atoms with van der Waals surface area (Å²) in [7, 11) is 0. The van der Waals surface area contributed by atoms with Crippen molar-refractivity contribution in [2.24, 2.45) is 0 Å². The Balaban J connectivity index is 2.12. The number of halogens is 1. The van der Waals surface area contributed by atoms with Crippen LogP contribution in [0.2, 0.25) is 0 Å². The minimum Gasteiger partial charge on any atom is -0.462 e. The fourth-order valence-corrected chi connectivity index (χ4v) is 2.37. The Hall–Kier alpha value is -1.89. The Morgan fingerprint density at radius 2 is 1.78 bits per heavy atom. The van der Waals surface area contributed by atoms with Gasteiger partial charge in [0.25, 0.3) is 0 Å². The number of hydrogen-bond donors (Lipinski definition) is 0. The summed E-state index contributed by atoms with van der Waals surface area (Å²) in [6.07, 6.45) is 0.756. The molecule has 0 saturated heterocycles. The minimum absolute atomic E-state index is 0.316. The van der Waals surface area contributed by atoms with Crippen molar-refractivity contribution in [2.75, 3.05) is 6.61 Å². The molecule has 5 heteroatoms. The molecule has 0 saturated carbocycles. The summed E-state index contributed by atoms with van der Waals surface area (Å²) in [4.78, 5) is 24.0.